The van der Waals surface area contributed by atoms with E-state index in [0.717, 1.165) is 15.5 Å². The Balaban J connectivity index is 1.81. The maximum absolute atomic E-state index is 13.9. The summed E-state index contributed by atoms with van der Waals surface area (Å²) in [4.78, 5) is 78.0. The van der Waals surface area contributed by atoms with Crippen LogP contribution in [0.4, 0.5) is 4.79 Å². The van der Waals surface area contributed by atoms with E-state index in [2.05, 4.69) is 21.4 Å². The van der Waals surface area contributed by atoms with E-state index in [-0.39, 0.29) is 32.4 Å². The number of rotatable bonds is 14. The molecule has 2 aliphatic heterocycles. The second-order valence-corrected chi connectivity index (χ2v) is 12.2. The Labute approximate surface area is 273 Å². The van der Waals surface area contributed by atoms with Crippen molar-refractivity contribution in [2.45, 2.75) is 82.8 Å². The third kappa shape index (κ3) is 9.70. The van der Waals surface area contributed by atoms with Gasteiger partial charge in [0.2, 0.25) is 17.7 Å². The van der Waals surface area contributed by atoms with Crippen LogP contribution in [0.15, 0.2) is 30.3 Å². The van der Waals surface area contributed by atoms with Crippen molar-refractivity contribution in [1.82, 2.24) is 31.3 Å². The van der Waals surface area contributed by atoms with E-state index in [9.17, 15) is 39.0 Å². The van der Waals surface area contributed by atoms with Crippen LogP contribution >= 0.6 is 0 Å². The summed E-state index contributed by atoms with van der Waals surface area (Å²) in [5.74, 6) is -4.80. The van der Waals surface area contributed by atoms with Gasteiger partial charge in [-0.25, -0.2) is 10.2 Å². The normalized spacial score (nSPS) is 21.4. The van der Waals surface area contributed by atoms with Crippen LogP contribution in [0, 0.1) is 11.8 Å². The zero-order valence-electron chi connectivity index (χ0n) is 27.2. The van der Waals surface area contributed by atoms with Crippen molar-refractivity contribution in [1.29, 1.82) is 0 Å². The third-order valence-electron chi connectivity index (χ3n) is 8.42. The van der Waals surface area contributed by atoms with E-state index in [1.165, 1.54) is 14.0 Å². The van der Waals surface area contributed by atoms with Gasteiger partial charge in [0.15, 0.2) is 0 Å². The Morgan fingerprint density at radius 2 is 1.72 bits per heavy atom. The molecule has 0 unspecified atom stereocenters. The van der Waals surface area contributed by atoms with Crippen LogP contribution < -0.4 is 27.1 Å². The maximum Gasteiger partial charge on any atom is 0.321 e. The molecule has 2 fully saturated rings. The Morgan fingerprint density at radius 3 is 2.32 bits per heavy atom. The summed E-state index contributed by atoms with van der Waals surface area (Å²) in [7, 11) is 1.32. The molecule has 0 aromatic heterocycles. The molecular formula is C31H47N7O9. The Hall–Kier alpha value is -4.12. The smallest absolute Gasteiger partial charge is 0.321 e. The number of hydrogen-bond donors (Lipinski definition) is 7. The quantitative estimate of drug-likeness (QED) is 0.118. The Kier molecular flexibility index (Phi) is 13.6. The standard InChI is InChI=1S/C31H47N7O9/c1-17(2)25(40)24(36-23(39)16-47-4)30(45)38-22(11-8-13-33-38)28(43)35-21(15-19-9-6-5-7-10-19)26(41)18(3)27(42)34-20-12-14-37(29(20)44)31(32)46/h5-7,9-10,17-18,20-22,24-26,33,40-41H,8,11-16H2,1-4H3,(H2,32,46)(H,34,42)(H,35,43)(H,36,39)/t18-,20-,21-,22-,24+,25+,26-/m0/s1. The van der Waals surface area contributed by atoms with Crippen molar-refractivity contribution < 1.29 is 43.7 Å². The number of benzene rings is 1. The molecule has 8 N–H and O–H groups in total. The van der Waals surface area contributed by atoms with Crippen LogP contribution in [0.3, 0.4) is 0 Å². The summed E-state index contributed by atoms with van der Waals surface area (Å²) >= 11 is 0. The molecule has 0 aliphatic carbocycles. The van der Waals surface area contributed by atoms with Gasteiger partial charge in [0.25, 0.3) is 11.8 Å². The first-order chi connectivity index (χ1) is 22.3. The fourth-order valence-corrected chi connectivity index (χ4v) is 5.63. The average Bonchev–Trinajstić information content (AvgIpc) is 3.41. The number of ether oxygens (including phenoxy) is 1. The van der Waals surface area contributed by atoms with Crippen molar-refractivity contribution >= 4 is 35.6 Å². The lowest BCUT2D eigenvalue weighted by molar-refractivity contribution is -0.153. The largest absolute Gasteiger partial charge is 0.390 e. The number of urea groups is 1. The Bertz CT molecular complexity index is 1280. The number of nitrogens with two attached hydrogens (primary N) is 1. The molecule has 260 valence electrons. The van der Waals surface area contributed by atoms with Crippen LogP contribution in [0.1, 0.15) is 45.6 Å². The highest BCUT2D eigenvalue weighted by molar-refractivity contribution is 6.00. The molecule has 2 aliphatic rings. The molecule has 0 spiro atoms. The van der Waals surface area contributed by atoms with Crippen LogP contribution in [0.5, 0.6) is 0 Å². The highest BCUT2D eigenvalue weighted by Crippen LogP contribution is 2.19. The topological polar surface area (TPSA) is 233 Å². The van der Waals surface area contributed by atoms with Gasteiger partial charge < -0.3 is 36.6 Å². The molecule has 0 bridgehead atoms. The number of methoxy groups -OCH3 is 1. The van der Waals surface area contributed by atoms with Gasteiger partial charge in [-0.2, -0.15) is 0 Å². The highest BCUT2D eigenvalue weighted by atomic mass is 16.5. The van der Waals surface area contributed by atoms with Crippen molar-refractivity contribution in [3.05, 3.63) is 35.9 Å². The minimum atomic E-state index is -1.44. The van der Waals surface area contributed by atoms with Crippen molar-refractivity contribution in [2.75, 3.05) is 26.8 Å². The number of imide groups is 1. The molecule has 1 aromatic rings. The number of amides is 7. The summed E-state index contributed by atoms with van der Waals surface area (Å²) in [6.45, 7) is 4.89. The third-order valence-corrected chi connectivity index (χ3v) is 8.42. The number of carbonyl (C=O) groups is 6. The number of nitrogens with zero attached hydrogens (tertiary/aromatic N) is 2. The second kappa shape index (κ2) is 17.2. The van der Waals surface area contributed by atoms with E-state index >= 15 is 0 Å². The lowest BCUT2D eigenvalue weighted by atomic mass is 9.91. The van der Waals surface area contributed by atoms with Crippen molar-refractivity contribution in [3.63, 3.8) is 0 Å². The van der Waals surface area contributed by atoms with Gasteiger partial charge in [0.1, 0.15) is 24.7 Å². The van der Waals surface area contributed by atoms with Gasteiger partial charge in [-0.1, -0.05) is 51.1 Å². The van der Waals surface area contributed by atoms with Gasteiger partial charge in [-0.15, -0.1) is 0 Å². The maximum atomic E-state index is 13.9. The van der Waals surface area contributed by atoms with Gasteiger partial charge in [-0.3, -0.25) is 33.9 Å². The molecule has 16 nitrogen and oxygen atoms in total. The summed E-state index contributed by atoms with van der Waals surface area (Å²) in [5, 5.41) is 31.3. The average molecular weight is 662 g/mol. The van der Waals surface area contributed by atoms with Crippen LogP contribution in [-0.4, -0.2) is 119 Å². The number of aliphatic hydroxyl groups excluding tert-OH is 2. The van der Waals surface area contributed by atoms with E-state index in [0.29, 0.717) is 13.0 Å². The first-order valence-corrected chi connectivity index (χ1v) is 15.7. The predicted molar refractivity (Wildman–Crippen MR) is 168 cm³/mol. The molecule has 1 aromatic carbocycles. The monoisotopic (exact) mass is 661 g/mol. The zero-order valence-corrected chi connectivity index (χ0v) is 27.2. The van der Waals surface area contributed by atoms with E-state index < -0.39 is 83.8 Å². The minimum Gasteiger partial charge on any atom is -0.390 e. The lowest BCUT2D eigenvalue weighted by Gasteiger charge is -2.39. The number of aliphatic hydroxyl groups is 2. The summed E-state index contributed by atoms with van der Waals surface area (Å²) < 4.78 is 4.85. The molecule has 7 amide bonds. The molecule has 0 saturated carbocycles. The number of nitrogens with one attached hydrogen (secondary N) is 4. The molecule has 2 saturated heterocycles. The first kappa shape index (κ1) is 37.3. The molecule has 16 heteroatoms. The summed E-state index contributed by atoms with van der Waals surface area (Å²) in [5.41, 5.74) is 8.89. The molecule has 0 radical (unpaired) electrons. The van der Waals surface area contributed by atoms with E-state index in [1.54, 1.807) is 38.1 Å². The molecule has 7 atom stereocenters. The number of hydrogen-bond acceptors (Lipinski definition) is 10. The fraction of sp³-hybridized carbons (Fsp3) is 0.613. The SMILES string of the molecule is COCC(=O)N[C@@H](C(=O)N1NCCC[C@H]1C(=O)N[C@@H](Cc1ccccc1)[C@@H](O)[C@H](C)C(=O)N[C@H]1CCN(C(N)=O)C1=O)[C@H](O)C(C)C. The second-order valence-electron chi connectivity index (χ2n) is 12.2. The zero-order chi connectivity index (χ0) is 34.8. The number of likely N-dealkylation sites (tertiary alicyclic amines) is 1. The first-order valence-electron chi connectivity index (χ1n) is 15.7. The number of primary amides is 1. The number of carbonyl (C=O) groups excluding carboxylic acids is 6. The van der Waals surface area contributed by atoms with E-state index in [1.807, 2.05) is 6.07 Å². The molecular weight excluding hydrogens is 614 g/mol. The number of hydrazine groups is 1. The minimum absolute atomic E-state index is 0.0541. The van der Waals surface area contributed by atoms with Crippen LogP contribution in [0.25, 0.3) is 0 Å². The van der Waals surface area contributed by atoms with Gasteiger partial charge in [0.05, 0.1) is 24.2 Å². The van der Waals surface area contributed by atoms with Gasteiger partial charge >= 0.3 is 6.03 Å². The fourth-order valence-electron chi connectivity index (χ4n) is 5.63. The summed E-state index contributed by atoms with van der Waals surface area (Å²) in [6, 6.07) is 3.60. The highest BCUT2D eigenvalue weighted by Gasteiger charge is 2.42. The van der Waals surface area contributed by atoms with Crippen molar-refractivity contribution in [2.24, 2.45) is 17.6 Å². The van der Waals surface area contributed by atoms with Gasteiger partial charge in [0, 0.05) is 20.2 Å². The van der Waals surface area contributed by atoms with E-state index in [4.69, 9.17) is 10.5 Å². The van der Waals surface area contributed by atoms with Crippen LogP contribution in [0.2, 0.25) is 0 Å². The van der Waals surface area contributed by atoms with Crippen molar-refractivity contribution in [3.8, 4) is 0 Å². The molecule has 47 heavy (non-hydrogen) atoms. The van der Waals surface area contributed by atoms with Crippen LogP contribution in [-0.2, 0) is 35.1 Å². The predicted octanol–water partition coefficient (Wildman–Crippen LogP) is -1.85. The Morgan fingerprint density at radius 1 is 1.04 bits per heavy atom. The lowest BCUT2D eigenvalue weighted by Crippen LogP contribution is -2.66. The molecule has 2 heterocycles. The summed E-state index contributed by atoms with van der Waals surface area (Å²) in [6.07, 6.45) is -1.66. The van der Waals surface area contributed by atoms with Gasteiger partial charge in [-0.05, 0) is 37.2 Å². The molecule has 3 rings (SSSR count).